The van der Waals surface area contributed by atoms with Crippen LogP contribution in [0.3, 0.4) is 0 Å². The van der Waals surface area contributed by atoms with E-state index in [0.29, 0.717) is 0 Å². The number of anilines is 1. The Morgan fingerprint density at radius 3 is 2.63 bits per heavy atom. The highest BCUT2D eigenvalue weighted by Gasteiger charge is 2.17. The predicted octanol–water partition coefficient (Wildman–Crippen LogP) is 4.06. The molecule has 0 aliphatic carbocycles. The van der Waals surface area contributed by atoms with Crippen molar-refractivity contribution < 1.29 is 4.74 Å². The molecule has 1 aromatic carbocycles. The van der Waals surface area contributed by atoms with Gasteiger partial charge in [0.15, 0.2) is 0 Å². The smallest absolute Gasteiger partial charge is 0.141 e. The Bertz CT molecular complexity index is 543. The highest BCUT2D eigenvalue weighted by atomic mass is 32.1. The number of rotatable bonds is 4. The molecule has 0 aliphatic rings. The van der Waals surface area contributed by atoms with E-state index in [0.717, 1.165) is 18.0 Å². The SMILES string of the molecule is COc1ccccc1NCc1cnc(C(C)(C)C)s1. The Balaban J connectivity index is 2.05. The molecule has 3 nitrogen and oxygen atoms in total. The highest BCUT2D eigenvalue weighted by Crippen LogP contribution is 2.28. The normalized spacial score (nSPS) is 11.4. The van der Waals surface area contributed by atoms with E-state index in [1.807, 2.05) is 30.5 Å². The topological polar surface area (TPSA) is 34.1 Å². The molecule has 1 N–H and O–H groups in total. The third-order valence-corrected chi connectivity index (χ3v) is 4.18. The zero-order chi connectivity index (χ0) is 13.9. The molecule has 0 fully saturated rings. The maximum atomic E-state index is 5.32. The number of ether oxygens (including phenoxy) is 1. The van der Waals surface area contributed by atoms with Gasteiger partial charge in [-0.2, -0.15) is 0 Å². The first kappa shape index (κ1) is 13.9. The third-order valence-electron chi connectivity index (χ3n) is 2.76. The number of hydrogen-bond donors (Lipinski definition) is 1. The third kappa shape index (κ3) is 3.47. The zero-order valence-corrected chi connectivity index (χ0v) is 12.7. The van der Waals surface area contributed by atoms with Gasteiger partial charge in [0.05, 0.1) is 24.3 Å². The van der Waals surface area contributed by atoms with Gasteiger partial charge in [0.25, 0.3) is 0 Å². The highest BCUT2D eigenvalue weighted by molar-refractivity contribution is 7.11. The van der Waals surface area contributed by atoms with Crippen molar-refractivity contribution in [2.75, 3.05) is 12.4 Å². The summed E-state index contributed by atoms with van der Waals surface area (Å²) in [6.07, 6.45) is 1.95. The fraction of sp³-hybridized carbons (Fsp3) is 0.400. The van der Waals surface area contributed by atoms with Crippen molar-refractivity contribution in [3.05, 3.63) is 40.3 Å². The van der Waals surface area contributed by atoms with E-state index >= 15 is 0 Å². The van der Waals surface area contributed by atoms with Crippen LogP contribution in [0.2, 0.25) is 0 Å². The van der Waals surface area contributed by atoms with Gasteiger partial charge in [-0.05, 0) is 12.1 Å². The van der Waals surface area contributed by atoms with Gasteiger partial charge in [-0.15, -0.1) is 11.3 Å². The molecule has 0 atom stereocenters. The Hall–Kier alpha value is -1.55. The molecule has 0 saturated carbocycles. The summed E-state index contributed by atoms with van der Waals surface area (Å²) in [6.45, 7) is 7.32. The Morgan fingerprint density at radius 1 is 1.26 bits per heavy atom. The molecule has 102 valence electrons. The molecule has 2 rings (SSSR count). The van der Waals surface area contributed by atoms with Crippen molar-refractivity contribution in [2.24, 2.45) is 0 Å². The standard InChI is InChI=1S/C15H20N2OS/c1-15(2,3)14-17-10-11(19-14)9-16-12-7-5-6-8-13(12)18-4/h5-8,10,16H,9H2,1-4H3. The van der Waals surface area contributed by atoms with E-state index in [1.54, 1.807) is 18.4 Å². The van der Waals surface area contributed by atoms with Crippen molar-refractivity contribution in [2.45, 2.75) is 32.7 Å². The van der Waals surface area contributed by atoms with Crippen molar-refractivity contribution in [3.63, 3.8) is 0 Å². The molecule has 2 aromatic rings. The first-order chi connectivity index (χ1) is 9.00. The lowest BCUT2D eigenvalue weighted by atomic mass is 9.98. The number of aromatic nitrogens is 1. The molecule has 0 unspecified atom stereocenters. The van der Waals surface area contributed by atoms with Gasteiger partial charge in [0.2, 0.25) is 0 Å². The number of thiazole rings is 1. The Kier molecular flexibility index (Phi) is 4.10. The molecule has 0 spiro atoms. The number of nitrogens with zero attached hydrogens (tertiary/aromatic N) is 1. The molecule has 1 heterocycles. The average Bonchev–Trinajstić information content (AvgIpc) is 2.85. The molecule has 1 aromatic heterocycles. The molecular weight excluding hydrogens is 256 g/mol. The summed E-state index contributed by atoms with van der Waals surface area (Å²) in [5.74, 6) is 0.864. The summed E-state index contributed by atoms with van der Waals surface area (Å²) < 4.78 is 5.32. The van der Waals surface area contributed by atoms with Crippen LogP contribution in [0.15, 0.2) is 30.5 Å². The maximum absolute atomic E-state index is 5.32. The monoisotopic (exact) mass is 276 g/mol. The maximum Gasteiger partial charge on any atom is 0.141 e. The lowest BCUT2D eigenvalue weighted by Crippen LogP contribution is -2.09. The largest absolute Gasteiger partial charge is 0.495 e. The van der Waals surface area contributed by atoms with Crippen LogP contribution in [-0.2, 0) is 12.0 Å². The number of methoxy groups -OCH3 is 1. The molecule has 19 heavy (non-hydrogen) atoms. The Labute approximate surface area is 118 Å². The quantitative estimate of drug-likeness (QED) is 0.914. The van der Waals surface area contributed by atoms with E-state index in [2.05, 4.69) is 31.1 Å². The van der Waals surface area contributed by atoms with E-state index < -0.39 is 0 Å². The lowest BCUT2D eigenvalue weighted by molar-refractivity contribution is 0.416. The van der Waals surface area contributed by atoms with Crippen molar-refractivity contribution in [1.82, 2.24) is 4.98 Å². The second-order valence-corrected chi connectivity index (χ2v) is 6.55. The fourth-order valence-electron chi connectivity index (χ4n) is 1.71. The number of nitrogens with one attached hydrogen (secondary N) is 1. The number of hydrogen-bond acceptors (Lipinski definition) is 4. The minimum atomic E-state index is 0.118. The van der Waals surface area contributed by atoms with Gasteiger partial charge >= 0.3 is 0 Å². The molecule has 0 bridgehead atoms. The van der Waals surface area contributed by atoms with E-state index in [1.165, 1.54) is 9.88 Å². The summed E-state index contributed by atoms with van der Waals surface area (Å²) in [5.41, 5.74) is 1.13. The summed E-state index contributed by atoms with van der Waals surface area (Å²) in [7, 11) is 1.69. The summed E-state index contributed by atoms with van der Waals surface area (Å²) >= 11 is 1.76. The van der Waals surface area contributed by atoms with Crippen LogP contribution in [0.4, 0.5) is 5.69 Å². The van der Waals surface area contributed by atoms with E-state index in [9.17, 15) is 0 Å². The first-order valence-electron chi connectivity index (χ1n) is 6.33. The second-order valence-electron chi connectivity index (χ2n) is 5.44. The minimum absolute atomic E-state index is 0.118. The number of para-hydroxylation sites is 2. The molecular formula is C15H20N2OS. The van der Waals surface area contributed by atoms with Crippen molar-refractivity contribution in [3.8, 4) is 5.75 Å². The second kappa shape index (κ2) is 5.61. The summed E-state index contributed by atoms with van der Waals surface area (Å²) in [5, 5.41) is 4.56. The van der Waals surface area contributed by atoms with Crippen LogP contribution in [0.1, 0.15) is 30.7 Å². The summed E-state index contributed by atoms with van der Waals surface area (Å²) in [6, 6.07) is 7.94. The first-order valence-corrected chi connectivity index (χ1v) is 7.14. The van der Waals surface area contributed by atoms with Gasteiger partial charge < -0.3 is 10.1 Å². The molecule has 0 aliphatic heterocycles. The van der Waals surface area contributed by atoms with Crippen LogP contribution in [-0.4, -0.2) is 12.1 Å². The number of benzene rings is 1. The summed E-state index contributed by atoms with van der Waals surface area (Å²) in [4.78, 5) is 5.72. The van der Waals surface area contributed by atoms with E-state index in [-0.39, 0.29) is 5.41 Å². The minimum Gasteiger partial charge on any atom is -0.495 e. The van der Waals surface area contributed by atoms with Crippen LogP contribution >= 0.6 is 11.3 Å². The molecule has 0 amide bonds. The predicted molar refractivity (Wildman–Crippen MR) is 81.1 cm³/mol. The van der Waals surface area contributed by atoms with Gasteiger partial charge in [0, 0.05) is 16.5 Å². The van der Waals surface area contributed by atoms with Gasteiger partial charge in [-0.3, -0.25) is 0 Å². The van der Waals surface area contributed by atoms with Crippen LogP contribution < -0.4 is 10.1 Å². The average molecular weight is 276 g/mol. The fourth-order valence-corrected chi connectivity index (χ4v) is 2.62. The Morgan fingerprint density at radius 2 is 2.00 bits per heavy atom. The van der Waals surface area contributed by atoms with Gasteiger partial charge in [-0.1, -0.05) is 32.9 Å². The molecule has 0 saturated heterocycles. The molecule has 4 heteroatoms. The van der Waals surface area contributed by atoms with Crippen LogP contribution in [0.25, 0.3) is 0 Å². The lowest BCUT2D eigenvalue weighted by Gasteiger charge is -2.13. The molecule has 0 radical (unpaired) electrons. The van der Waals surface area contributed by atoms with Crippen molar-refractivity contribution >= 4 is 17.0 Å². The van der Waals surface area contributed by atoms with Crippen molar-refractivity contribution in [1.29, 1.82) is 0 Å². The van der Waals surface area contributed by atoms with Gasteiger partial charge in [-0.25, -0.2) is 4.98 Å². The van der Waals surface area contributed by atoms with E-state index in [4.69, 9.17) is 4.74 Å². The van der Waals surface area contributed by atoms with Gasteiger partial charge in [0.1, 0.15) is 5.75 Å². The van der Waals surface area contributed by atoms with Crippen LogP contribution in [0, 0.1) is 0 Å². The van der Waals surface area contributed by atoms with Crippen LogP contribution in [0.5, 0.6) is 5.75 Å². The zero-order valence-electron chi connectivity index (χ0n) is 11.9.